The third kappa shape index (κ3) is 7.35. The molecule has 0 spiro atoms. The summed E-state index contributed by atoms with van der Waals surface area (Å²) in [5.74, 6) is 0.220. The van der Waals surface area contributed by atoms with Crippen LogP contribution in [0.5, 0.6) is 11.5 Å². The largest absolute Gasteiger partial charge is 0.497 e. The average Bonchev–Trinajstić information content (AvgIpc) is 3.38. The second-order valence-corrected chi connectivity index (χ2v) is 14.7. The van der Waals surface area contributed by atoms with E-state index in [0.717, 1.165) is 31.2 Å². The maximum absolute atomic E-state index is 14.1. The van der Waals surface area contributed by atoms with Gasteiger partial charge in [-0.15, -0.1) is 0 Å². The predicted molar refractivity (Wildman–Crippen MR) is 177 cm³/mol. The van der Waals surface area contributed by atoms with E-state index in [0.29, 0.717) is 24.5 Å². The van der Waals surface area contributed by atoms with Crippen molar-refractivity contribution in [1.29, 1.82) is 0 Å². The van der Waals surface area contributed by atoms with Gasteiger partial charge in [0.2, 0.25) is 10.0 Å². The van der Waals surface area contributed by atoms with E-state index in [1.807, 2.05) is 30.3 Å². The molecule has 46 heavy (non-hydrogen) atoms. The van der Waals surface area contributed by atoms with Gasteiger partial charge >= 0.3 is 0 Å². The molecular formula is C34H37N3O7S2. The number of nitrogens with zero attached hydrogens (tertiary/aromatic N) is 2. The van der Waals surface area contributed by atoms with E-state index in [9.17, 15) is 21.6 Å². The summed E-state index contributed by atoms with van der Waals surface area (Å²) in [5.41, 5.74) is 1.42. The van der Waals surface area contributed by atoms with Crippen molar-refractivity contribution in [2.24, 2.45) is 0 Å². The SMILES string of the molecule is COc1ccc(N(Cc2ccccc2)S(=O)(=O)c2cccc(C(=O)Nc3cc(S(=O)(=O)N4CCCCCC4)ccc3OC)c2)cc1. The molecule has 4 aromatic carbocycles. The average molecular weight is 664 g/mol. The molecule has 0 aromatic heterocycles. The van der Waals surface area contributed by atoms with Gasteiger partial charge in [-0.25, -0.2) is 16.8 Å². The minimum atomic E-state index is -4.15. The van der Waals surface area contributed by atoms with Gasteiger partial charge < -0.3 is 14.8 Å². The molecule has 10 nitrogen and oxygen atoms in total. The lowest BCUT2D eigenvalue weighted by atomic mass is 10.2. The molecule has 242 valence electrons. The van der Waals surface area contributed by atoms with Crippen LogP contribution in [0.4, 0.5) is 11.4 Å². The number of nitrogens with one attached hydrogen (secondary N) is 1. The second kappa shape index (κ2) is 14.4. The molecule has 0 aliphatic carbocycles. The standard InChI is InChI=1S/C34H37N3O7S2/c1-43-29-17-15-28(16-18-29)37(25-26-11-6-5-7-12-26)46(41,42)30-14-10-13-27(23-30)34(38)35-32-24-31(19-20-33(32)44-2)45(39,40)36-21-8-3-4-9-22-36/h5-7,10-20,23-24H,3-4,8-9,21-22,25H2,1-2H3,(H,35,38). The third-order valence-corrected chi connectivity index (χ3v) is 11.5. The Kier molecular flexibility index (Phi) is 10.3. The van der Waals surface area contributed by atoms with Gasteiger partial charge in [-0.2, -0.15) is 4.31 Å². The number of amides is 1. The third-order valence-electron chi connectivity index (χ3n) is 7.84. The van der Waals surface area contributed by atoms with Crippen molar-refractivity contribution in [3.05, 3.63) is 108 Å². The molecule has 0 saturated carbocycles. The monoisotopic (exact) mass is 663 g/mol. The summed E-state index contributed by atoms with van der Waals surface area (Å²) in [6, 6.07) is 25.9. The number of hydrogen-bond acceptors (Lipinski definition) is 7. The topological polar surface area (TPSA) is 122 Å². The Morgan fingerprint density at radius 3 is 2.11 bits per heavy atom. The van der Waals surface area contributed by atoms with E-state index in [1.54, 1.807) is 24.3 Å². The molecule has 1 aliphatic rings. The summed E-state index contributed by atoms with van der Waals surface area (Å²) in [7, 11) is -4.99. The molecule has 4 aromatic rings. The van der Waals surface area contributed by atoms with Gasteiger partial charge in [0, 0.05) is 18.7 Å². The van der Waals surface area contributed by atoms with Crippen molar-refractivity contribution in [3.63, 3.8) is 0 Å². The molecule has 0 atom stereocenters. The first kappa shape index (κ1) is 33.0. The Bertz CT molecular complexity index is 1870. The fraction of sp³-hybridized carbons (Fsp3) is 0.265. The number of carbonyl (C=O) groups is 1. The first-order chi connectivity index (χ1) is 22.1. The summed E-state index contributed by atoms with van der Waals surface area (Å²) in [6.07, 6.45) is 3.54. The summed E-state index contributed by atoms with van der Waals surface area (Å²) in [6.45, 7) is 0.936. The van der Waals surface area contributed by atoms with Crippen LogP contribution in [0.15, 0.2) is 107 Å². The van der Waals surface area contributed by atoms with Crippen molar-refractivity contribution in [1.82, 2.24) is 4.31 Å². The molecular weight excluding hydrogens is 627 g/mol. The summed E-state index contributed by atoms with van der Waals surface area (Å²) in [4.78, 5) is 13.5. The molecule has 1 aliphatic heterocycles. The van der Waals surface area contributed by atoms with Crippen LogP contribution < -0.4 is 19.1 Å². The molecule has 1 amide bonds. The maximum Gasteiger partial charge on any atom is 0.264 e. The number of methoxy groups -OCH3 is 2. The molecule has 1 fully saturated rings. The summed E-state index contributed by atoms with van der Waals surface area (Å²) < 4.78 is 68.6. The van der Waals surface area contributed by atoms with E-state index < -0.39 is 26.0 Å². The van der Waals surface area contributed by atoms with Crippen molar-refractivity contribution in [3.8, 4) is 11.5 Å². The van der Waals surface area contributed by atoms with Crippen molar-refractivity contribution < 1.29 is 31.1 Å². The van der Waals surface area contributed by atoms with Gasteiger partial charge in [0.1, 0.15) is 11.5 Å². The van der Waals surface area contributed by atoms with Crippen LogP contribution in [0.1, 0.15) is 41.6 Å². The van der Waals surface area contributed by atoms with Crippen molar-refractivity contribution >= 4 is 37.3 Å². The van der Waals surface area contributed by atoms with Gasteiger partial charge in [-0.05, 0) is 79.1 Å². The Morgan fingerprint density at radius 1 is 0.761 bits per heavy atom. The second-order valence-electron chi connectivity index (χ2n) is 10.9. The van der Waals surface area contributed by atoms with Crippen LogP contribution >= 0.6 is 0 Å². The molecule has 5 rings (SSSR count). The van der Waals surface area contributed by atoms with Crippen molar-refractivity contribution in [2.45, 2.75) is 42.0 Å². The van der Waals surface area contributed by atoms with Gasteiger partial charge in [-0.1, -0.05) is 49.2 Å². The highest BCUT2D eigenvalue weighted by atomic mass is 32.2. The zero-order valence-electron chi connectivity index (χ0n) is 25.8. The Hall–Kier alpha value is -4.39. The van der Waals surface area contributed by atoms with Crippen LogP contribution in [-0.4, -0.2) is 54.4 Å². The summed E-state index contributed by atoms with van der Waals surface area (Å²) >= 11 is 0. The lowest BCUT2D eigenvalue weighted by Gasteiger charge is -2.25. The van der Waals surface area contributed by atoms with Crippen LogP contribution in [-0.2, 0) is 26.6 Å². The molecule has 12 heteroatoms. The van der Waals surface area contributed by atoms with Crippen LogP contribution in [0.3, 0.4) is 0 Å². The molecule has 0 bridgehead atoms. The van der Waals surface area contributed by atoms with E-state index in [4.69, 9.17) is 9.47 Å². The fourth-order valence-corrected chi connectivity index (χ4v) is 8.35. The van der Waals surface area contributed by atoms with Gasteiger partial charge in [0.05, 0.1) is 41.9 Å². The Morgan fingerprint density at radius 2 is 1.46 bits per heavy atom. The van der Waals surface area contributed by atoms with Crippen LogP contribution in [0, 0.1) is 0 Å². The number of anilines is 2. The molecule has 1 saturated heterocycles. The van der Waals surface area contributed by atoms with E-state index in [2.05, 4.69) is 5.32 Å². The zero-order valence-corrected chi connectivity index (χ0v) is 27.4. The lowest BCUT2D eigenvalue weighted by molar-refractivity contribution is 0.102. The quantitative estimate of drug-likeness (QED) is 0.212. The maximum atomic E-state index is 14.1. The summed E-state index contributed by atoms with van der Waals surface area (Å²) in [5, 5.41) is 2.73. The van der Waals surface area contributed by atoms with Crippen molar-refractivity contribution in [2.75, 3.05) is 36.9 Å². The Balaban J connectivity index is 1.45. The number of ether oxygens (including phenoxy) is 2. The number of rotatable bonds is 11. The van der Waals surface area contributed by atoms with Gasteiger partial charge in [0.15, 0.2) is 0 Å². The minimum absolute atomic E-state index is 0.0397. The lowest BCUT2D eigenvalue weighted by Crippen LogP contribution is -2.32. The first-order valence-electron chi connectivity index (χ1n) is 14.9. The highest BCUT2D eigenvalue weighted by molar-refractivity contribution is 7.92. The predicted octanol–water partition coefficient (Wildman–Crippen LogP) is 5.92. The van der Waals surface area contributed by atoms with E-state index in [-0.39, 0.29) is 33.3 Å². The number of benzene rings is 4. The fourth-order valence-electron chi connectivity index (χ4n) is 5.31. The number of sulfonamides is 2. The Labute approximate surface area is 270 Å². The van der Waals surface area contributed by atoms with Gasteiger partial charge in [0.25, 0.3) is 15.9 Å². The smallest absolute Gasteiger partial charge is 0.264 e. The molecule has 1 N–H and O–H groups in total. The van der Waals surface area contributed by atoms with Gasteiger partial charge in [-0.3, -0.25) is 9.10 Å². The number of carbonyl (C=O) groups excluding carboxylic acids is 1. The van der Waals surface area contributed by atoms with Crippen LogP contribution in [0.2, 0.25) is 0 Å². The molecule has 0 unspecified atom stereocenters. The van der Waals surface area contributed by atoms with E-state index in [1.165, 1.54) is 65.3 Å². The number of hydrogen-bond donors (Lipinski definition) is 1. The molecule has 1 heterocycles. The minimum Gasteiger partial charge on any atom is -0.497 e. The highest BCUT2D eigenvalue weighted by Gasteiger charge is 2.28. The first-order valence-corrected chi connectivity index (χ1v) is 17.8. The normalized spacial score (nSPS) is 14.2. The highest BCUT2D eigenvalue weighted by Crippen LogP contribution is 2.32. The zero-order chi connectivity index (χ0) is 32.7. The van der Waals surface area contributed by atoms with Crippen LogP contribution in [0.25, 0.3) is 0 Å². The molecule has 0 radical (unpaired) electrons. The van der Waals surface area contributed by atoms with E-state index >= 15 is 0 Å².